The number of fused-ring (bicyclic) bond motifs is 1. The molecule has 1 saturated heterocycles. The lowest BCUT2D eigenvalue weighted by Crippen LogP contribution is -2.27. The molecule has 1 aliphatic carbocycles. The SMILES string of the molecule is O=C1C2CC2CN1Cc1ccccc1. The third kappa shape index (κ3) is 1.22. The Hall–Kier alpha value is -1.31. The molecule has 2 fully saturated rings. The van der Waals surface area contributed by atoms with E-state index in [2.05, 4.69) is 12.1 Å². The van der Waals surface area contributed by atoms with Crippen molar-refractivity contribution in [1.29, 1.82) is 0 Å². The Morgan fingerprint density at radius 3 is 2.71 bits per heavy atom. The second-order valence-electron chi connectivity index (χ2n) is 4.31. The average Bonchev–Trinajstić information content (AvgIpc) is 2.91. The fourth-order valence-corrected chi connectivity index (χ4v) is 2.31. The minimum absolute atomic E-state index is 0.374. The molecule has 0 N–H and O–H groups in total. The van der Waals surface area contributed by atoms with Crippen LogP contribution in [0.5, 0.6) is 0 Å². The number of amides is 1. The van der Waals surface area contributed by atoms with E-state index in [1.54, 1.807) is 0 Å². The van der Waals surface area contributed by atoms with Gasteiger partial charge in [0.15, 0.2) is 0 Å². The minimum atomic E-state index is 0.374. The first-order chi connectivity index (χ1) is 6.84. The summed E-state index contributed by atoms with van der Waals surface area (Å²) < 4.78 is 0. The third-order valence-corrected chi connectivity index (χ3v) is 3.22. The molecule has 1 heterocycles. The summed E-state index contributed by atoms with van der Waals surface area (Å²) in [6.07, 6.45) is 1.14. The monoisotopic (exact) mass is 187 g/mol. The molecule has 0 radical (unpaired) electrons. The van der Waals surface area contributed by atoms with E-state index in [0.717, 1.165) is 19.5 Å². The molecule has 2 nitrogen and oxygen atoms in total. The Bertz CT molecular complexity index is 360. The summed E-state index contributed by atoms with van der Waals surface area (Å²) >= 11 is 0. The van der Waals surface area contributed by atoms with Gasteiger partial charge in [-0.15, -0.1) is 0 Å². The van der Waals surface area contributed by atoms with Gasteiger partial charge < -0.3 is 4.90 Å². The molecular formula is C12H13NO. The number of hydrogen-bond acceptors (Lipinski definition) is 1. The molecule has 14 heavy (non-hydrogen) atoms. The molecule has 1 saturated carbocycles. The zero-order valence-corrected chi connectivity index (χ0v) is 8.02. The minimum Gasteiger partial charge on any atom is -0.338 e. The van der Waals surface area contributed by atoms with Crippen LogP contribution in [0.1, 0.15) is 12.0 Å². The largest absolute Gasteiger partial charge is 0.338 e. The van der Waals surface area contributed by atoms with E-state index in [1.165, 1.54) is 5.56 Å². The normalized spacial score (nSPS) is 29.1. The molecule has 1 aliphatic heterocycles. The number of hydrogen-bond donors (Lipinski definition) is 0. The van der Waals surface area contributed by atoms with Gasteiger partial charge in [-0.05, 0) is 17.9 Å². The zero-order valence-electron chi connectivity index (χ0n) is 8.02. The van der Waals surface area contributed by atoms with Gasteiger partial charge in [0.1, 0.15) is 0 Å². The molecule has 2 atom stereocenters. The lowest BCUT2D eigenvalue weighted by molar-refractivity contribution is -0.130. The van der Waals surface area contributed by atoms with Crippen LogP contribution >= 0.6 is 0 Å². The van der Waals surface area contributed by atoms with Crippen LogP contribution in [-0.4, -0.2) is 17.4 Å². The first-order valence-electron chi connectivity index (χ1n) is 5.17. The van der Waals surface area contributed by atoms with Gasteiger partial charge in [-0.2, -0.15) is 0 Å². The number of carbonyl (C=O) groups excluding carboxylic acids is 1. The smallest absolute Gasteiger partial charge is 0.226 e. The molecule has 2 unspecified atom stereocenters. The van der Waals surface area contributed by atoms with Gasteiger partial charge in [0.25, 0.3) is 0 Å². The molecule has 0 aromatic heterocycles. The van der Waals surface area contributed by atoms with Gasteiger partial charge in [0.05, 0.1) is 0 Å². The van der Waals surface area contributed by atoms with Crippen LogP contribution in [0.15, 0.2) is 30.3 Å². The maximum Gasteiger partial charge on any atom is 0.226 e. The quantitative estimate of drug-likeness (QED) is 0.689. The molecule has 0 spiro atoms. The Morgan fingerprint density at radius 2 is 2.07 bits per heavy atom. The summed E-state index contributed by atoms with van der Waals surface area (Å²) in [5.41, 5.74) is 1.24. The van der Waals surface area contributed by atoms with E-state index >= 15 is 0 Å². The van der Waals surface area contributed by atoms with Crippen LogP contribution in [0.4, 0.5) is 0 Å². The van der Waals surface area contributed by atoms with Crippen molar-refractivity contribution in [3.8, 4) is 0 Å². The summed E-state index contributed by atoms with van der Waals surface area (Å²) in [5.74, 6) is 1.45. The standard InChI is InChI=1S/C12H13NO/c14-12-11-6-10(11)8-13(12)7-9-4-2-1-3-5-9/h1-5,10-11H,6-8H2. The van der Waals surface area contributed by atoms with E-state index in [1.807, 2.05) is 23.1 Å². The second kappa shape index (κ2) is 2.84. The predicted molar refractivity (Wildman–Crippen MR) is 53.5 cm³/mol. The topological polar surface area (TPSA) is 20.3 Å². The molecule has 72 valence electrons. The van der Waals surface area contributed by atoms with Crippen molar-refractivity contribution in [1.82, 2.24) is 4.90 Å². The first-order valence-corrected chi connectivity index (χ1v) is 5.17. The van der Waals surface area contributed by atoms with Crippen molar-refractivity contribution in [3.63, 3.8) is 0 Å². The Kier molecular flexibility index (Phi) is 1.63. The first kappa shape index (κ1) is 8.04. The molecule has 1 amide bonds. The summed E-state index contributed by atoms with van der Waals surface area (Å²) in [7, 11) is 0. The molecular weight excluding hydrogens is 174 g/mol. The Balaban J connectivity index is 1.71. The Morgan fingerprint density at radius 1 is 1.29 bits per heavy atom. The van der Waals surface area contributed by atoms with Gasteiger partial charge in [0, 0.05) is 19.0 Å². The number of rotatable bonds is 2. The maximum atomic E-state index is 11.7. The highest BCUT2D eigenvalue weighted by molar-refractivity contribution is 5.84. The molecule has 2 heteroatoms. The van der Waals surface area contributed by atoms with Gasteiger partial charge in [-0.1, -0.05) is 30.3 Å². The van der Waals surface area contributed by atoms with E-state index in [4.69, 9.17) is 0 Å². The zero-order chi connectivity index (χ0) is 9.54. The molecule has 3 rings (SSSR count). The molecule has 1 aromatic carbocycles. The highest BCUT2D eigenvalue weighted by Crippen LogP contribution is 2.46. The highest BCUT2D eigenvalue weighted by Gasteiger charge is 2.51. The number of piperidine rings is 1. The maximum absolute atomic E-state index is 11.7. The lowest BCUT2D eigenvalue weighted by atomic mass is 10.2. The van der Waals surface area contributed by atoms with Crippen LogP contribution in [-0.2, 0) is 11.3 Å². The number of benzene rings is 1. The lowest BCUT2D eigenvalue weighted by Gasteiger charge is -2.17. The fraction of sp³-hybridized carbons (Fsp3) is 0.417. The fourth-order valence-electron chi connectivity index (χ4n) is 2.31. The average molecular weight is 187 g/mol. The van der Waals surface area contributed by atoms with Gasteiger partial charge in [-0.3, -0.25) is 4.79 Å². The van der Waals surface area contributed by atoms with Crippen molar-refractivity contribution in [3.05, 3.63) is 35.9 Å². The third-order valence-electron chi connectivity index (χ3n) is 3.22. The van der Waals surface area contributed by atoms with Crippen molar-refractivity contribution < 1.29 is 4.79 Å². The summed E-state index contributed by atoms with van der Waals surface area (Å²) in [5, 5.41) is 0. The predicted octanol–water partition coefficient (Wildman–Crippen LogP) is 1.66. The van der Waals surface area contributed by atoms with E-state index in [-0.39, 0.29) is 0 Å². The Labute approximate surface area is 83.5 Å². The van der Waals surface area contributed by atoms with Crippen LogP contribution in [0.25, 0.3) is 0 Å². The number of carbonyl (C=O) groups is 1. The molecule has 0 bridgehead atoms. The van der Waals surface area contributed by atoms with Crippen LogP contribution in [0.3, 0.4) is 0 Å². The summed E-state index contributed by atoms with van der Waals surface area (Å²) in [6, 6.07) is 10.2. The van der Waals surface area contributed by atoms with Gasteiger partial charge in [-0.25, -0.2) is 0 Å². The van der Waals surface area contributed by atoms with Gasteiger partial charge >= 0.3 is 0 Å². The van der Waals surface area contributed by atoms with E-state index < -0.39 is 0 Å². The number of likely N-dealkylation sites (tertiary alicyclic amines) is 1. The number of nitrogens with zero attached hydrogens (tertiary/aromatic N) is 1. The van der Waals surface area contributed by atoms with Crippen LogP contribution in [0.2, 0.25) is 0 Å². The molecule has 1 aromatic rings. The van der Waals surface area contributed by atoms with Crippen molar-refractivity contribution in [2.45, 2.75) is 13.0 Å². The second-order valence-corrected chi connectivity index (χ2v) is 4.31. The van der Waals surface area contributed by atoms with Crippen molar-refractivity contribution in [2.75, 3.05) is 6.54 Å². The summed E-state index contributed by atoms with van der Waals surface area (Å²) in [6.45, 7) is 1.78. The molecule has 2 aliphatic rings. The van der Waals surface area contributed by atoms with E-state index in [9.17, 15) is 4.79 Å². The van der Waals surface area contributed by atoms with Crippen molar-refractivity contribution in [2.24, 2.45) is 11.8 Å². The van der Waals surface area contributed by atoms with Crippen LogP contribution in [0, 0.1) is 11.8 Å². The van der Waals surface area contributed by atoms with E-state index in [0.29, 0.717) is 17.7 Å². The summed E-state index contributed by atoms with van der Waals surface area (Å²) in [4.78, 5) is 13.7. The van der Waals surface area contributed by atoms with Crippen LogP contribution < -0.4 is 0 Å². The van der Waals surface area contributed by atoms with Crippen molar-refractivity contribution >= 4 is 5.91 Å². The van der Waals surface area contributed by atoms with Gasteiger partial charge in [0.2, 0.25) is 5.91 Å². The highest BCUT2D eigenvalue weighted by atomic mass is 16.2.